The van der Waals surface area contributed by atoms with E-state index in [1.807, 2.05) is 23.1 Å². The third-order valence-corrected chi connectivity index (χ3v) is 4.39. The number of benzene rings is 1. The van der Waals surface area contributed by atoms with Crippen molar-refractivity contribution in [3.8, 4) is 0 Å². The summed E-state index contributed by atoms with van der Waals surface area (Å²) in [5.41, 5.74) is 1.63. The van der Waals surface area contributed by atoms with Gasteiger partial charge in [0.1, 0.15) is 5.69 Å². The van der Waals surface area contributed by atoms with Crippen molar-refractivity contribution in [3.63, 3.8) is 0 Å². The molecule has 1 N–H and O–H groups in total. The average Bonchev–Trinajstić information content (AvgIpc) is 2.72. The Bertz CT molecular complexity index is 730. The smallest absolute Gasteiger partial charge is 0.270 e. The molecule has 1 aliphatic rings. The molecule has 7 heteroatoms. The van der Waals surface area contributed by atoms with Gasteiger partial charge in [-0.05, 0) is 24.5 Å². The number of aromatic nitrogens is 2. The SMILES string of the molecule is O=CN1CCN(c2nccc(C(=O)NCCCc3ccccc3)n2)CC1. The maximum absolute atomic E-state index is 12.3. The number of nitrogens with zero attached hydrogens (tertiary/aromatic N) is 4. The summed E-state index contributed by atoms with van der Waals surface area (Å²) in [5, 5.41) is 2.91. The molecule has 0 aliphatic carbocycles. The van der Waals surface area contributed by atoms with Crippen LogP contribution in [0.25, 0.3) is 0 Å². The first kappa shape index (κ1) is 17.8. The Kier molecular flexibility index (Phi) is 6.14. The Balaban J connectivity index is 1.49. The lowest BCUT2D eigenvalue weighted by Crippen LogP contribution is -2.46. The Labute approximate surface area is 153 Å². The van der Waals surface area contributed by atoms with E-state index in [4.69, 9.17) is 0 Å². The molecule has 0 radical (unpaired) electrons. The standard InChI is InChI=1S/C19H23N5O2/c25-15-23-11-13-24(14-12-23)19-21-10-8-17(22-19)18(26)20-9-4-7-16-5-2-1-3-6-16/h1-3,5-6,8,10,15H,4,7,9,11-14H2,(H,20,26). The van der Waals surface area contributed by atoms with Crippen LogP contribution in [0, 0.1) is 0 Å². The molecule has 1 aliphatic heterocycles. The highest BCUT2D eigenvalue weighted by molar-refractivity contribution is 5.92. The number of hydrogen-bond donors (Lipinski definition) is 1. The molecule has 1 fully saturated rings. The fraction of sp³-hybridized carbons (Fsp3) is 0.368. The number of aryl methyl sites for hydroxylation is 1. The van der Waals surface area contributed by atoms with Crippen LogP contribution >= 0.6 is 0 Å². The third-order valence-electron chi connectivity index (χ3n) is 4.39. The number of carbonyl (C=O) groups excluding carboxylic acids is 2. The van der Waals surface area contributed by atoms with Gasteiger partial charge in [-0.25, -0.2) is 9.97 Å². The molecule has 1 aromatic carbocycles. The molecule has 0 saturated carbocycles. The molecule has 26 heavy (non-hydrogen) atoms. The summed E-state index contributed by atoms with van der Waals surface area (Å²) in [6.07, 6.45) is 4.27. The predicted octanol–water partition coefficient (Wildman–Crippen LogP) is 1.12. The van der Waals surface area contributed by atoms with Gasteiger partial charge < -0.3 is 15.1 Å². The van der Waals surface area contributed by atoms with E-state index in [0.717, 1.165) is 19.3 Å². The summed E-state index contributed by atoms with van der Waals surface area (Å²) in [7, 11) is 0. The number of hydrogen-bond acceptors (Lipinski definition) is 5. The second-order valence-corrected chi connectivity index (χ2v) is 6.22. The van der Waals surface area contributed by atoms with Gasteiger partial charge in [0.15, 0.2) is 0 Å². The van der Waals surface area contributed by atoms with Gasteiger partial charge in [0.25, 0.3) is 5.91 Å². The van der Waals surface area contributed by atoms with Crippen LogP contribution in [-0.2, 0) is 11.2 Å². The summed E-state index contributed by atoms with van der Waals surface area (Å²) in [6.45, 7) is 3.22. The van der Waals surface area contributed by atoms with E-state index >= 15 is 0 Å². The minimum absolute atomic E-state index is 0.187. The minimum atomic E-state index is -0.187. The van der Waals surface area contributed by atoms with Crippen molar-refractivity contribution >= 4 is 18.3 Å². The summed E-state index contributed by atoms with van der Waals surface area (Å²) >= 11 is 0. The van der Waals surface area contributed by atoms with Crippen LogP contribution in [0.1, 0.15) is 22.5 Å². The van der Waals surface area contributed by atoms with Crippen molar-refractivity contribution in [2.75, 3.05) is 37.6 Å². The lowest BCUT2D eigenvalue weighted by molar-refractivity contribution is -0.118. The number of amides is 2. The Hall–Kier alpha value is -2.96. The molecule has 0 bridgehead atoms. The second-order valence-electron chi connectivity index (χ2n) is 6.22. The quantitative estimate of drug-likeness (QED) is 0.596. The number of carbonyl (C=O) groups is 2. The maximum Gasteiger partial charge on any atom is 0.270 e. The third kappa shape index (κ3) is 4.78. The molecule has 7 nitrogen and oxygen atoms in total. The second kappa shape index (κ2) is 8.94. The summed E-state index contributed by atoms with van der Waals surface area (Å²) in [5.74, 6) is 0.348. The molecule has 3 rings (SSSR count). The molecule has 1 saturated heterocycles. The van der Waals surface area contributed by atoms with Crippen LogP contribution < -0.4 is 10.2 Å². The summed E-state index contributed by atoms with van der Waals surface area (Å²) in [4.78, 5) is 35.5. The number of rotatable bonds is 7. The first-order valence-electron chi connectivity index (χ1n) is 8.86. The fourth-order valence-corrected chi connectivity index (χ4v) is 2.88. The van der Waals surface area contributed by atoms with Gasteiger partial charge in [-0.3, -0.25) is 9.59 Å². The van der Waals surface area contributed by atoms with Gasteiger partial charge in [0, 0.05) is 38.9 Å². The van der Waals surface area contributed by atoms with Crippen LogP contribution in [0.5, 0.6) is 0 Å². The summed E-state index contributed by atoms with van der Waals surface area (Å²) in [6, 6.07) is 11.8. The van der Waals surface area contributed by atoms with Crippen molar-refractivity contribution in [2.24, 2.45) is 0 Å². The van der Waals surface area contributed by atoms with Crippen LogP contribution in [0.3, 0.4) is 0 Å². The van der Waals surface area contributed by atoms with Gasteiger partial charge in [0.2, 0.25) is 12.4 Å². The molecule has 2 amide bonds. The zero-order valence-corrected chi connectivity index (χ0v) is 14.7. The molecule has 0 spiro atoms. The van der Waals surface area contributed by atoms with E-state index in [1.165, 1.54) is 5.56 Å². The van der Waals surface area contributed by atoms with Gasteiger partial charge in [-0.2, -0.15) is 0 Å². The van der Waals surface area contributed by atoms with Crippen LogP contribution in [-0.4, -0.2) is 59.9 Å². The molecular weight excluding hydrogens is 330 g/mol. The Morgan fingerprint density at radius 2 is 1.88 bits per heavy atom. The highest BCUT2D eigenvalue weighted by Gasteiger charge is 2.19. The van der Waals surface area contributed by atoms with Crippen molar-refractivity contribution in [1.82, 2.24) is 20.2 Å². The van der Waals surface area contributed by atoms with E-state index in [1.54, 1.807) is 17.2 Å². The molecule has 2 aromatic rings. The van der Waals surface area contributed by atoms with Gasteiger partial charge in [-0.15, -0.1) is 0 Å². The molecular formula is C19H23N5O2. The fourth-order valence-electron chi connectivity index (χ4n) is 2.88. The molecule has 1 aromatic heterocycles. The largest absolute Gasteiger partial charge is 0.351 e. The van der Waals surface area contributed by atoms with Crippen LogP contribution in [0.15, 0.2) is 42.6 Å². The highest BCUT2D eigenvalue weighted by Crippen LogP contribution is 2.10. The van der Waals surface area contributed by atoms with Crippen LogP contribution in [0.4, 0.5) is 5.95 Å². The van der Waals surface area contributed by atoms with Crippen molar-refractivity contribution in [3.05, 3.63) is 53.9 Å². The van der Waals surface area contributed by atoms with E-state index in [9.17, 15) is 9.59 Å². The minimum Gasteiger partial charge on any atom is -0.351 e. The molecule has 2 heterocycles. The molecule has 0 unspecified atom stereocenters. The van der Waals surface area contributed by atoms with Crippen LogP contribution in [0.2, 0.25) is 0 Å². The lowest BCUT2D eigenvalue weighted by atomic mass is 10.1. The molecule has 136 valence electrons. The topological polar surface area (TPSA) is 78.4 Å². The van der Waals surface area contributed by atoms with E-state index in [2.05, 4.69) is 27.4 Å². The highest BCUT2D eigenvalue weighted by atomic mass is 16.2. The number of piperazine rings is 1. The van der Waals surface area contributed by atoms with Crippen molar-refractivity contribution in [2.45, 2.75) is 12.8 Å². The van der Waals surface area contributed by atoms with Gasteiger partial charge in [0.05, 0.1) is 0 Å². The number of nitrogens with one attached hydrogen (secondary N) is 1. The lowest BCUT2D eigenvalue weighted by Gasteiger charge is -2.32. The van der Waals surface area contributed by atoms with E-state index < -0.39 is 0 Å². The van der Waals surface area contributed by atoms with E-state index in [0.29, 0.717) is 44.4 Å². The van der Waals surface area contributed by atoms with Crippen molar-refractivity contribution in [1.29, 1.82) is 0 Å². The normalized spacial score (nSPS) is 14.2. The first-order valence-corrected chi connectivity index (χ1v) is 8.86. The Morgan fingerprint density at radius 3 is 2.62 bits per heavy atom. The predicted molar refractivity (Wildman–Crippen MR) is 99.0 cm³/mol. The average molecular weight is 353 g/mol. The Morgan fingerprint density at radius 1 is 1.12 bits per heavy atom. The maximum atomic E-state index is 12.3. The van der Waals surface area contributed by atoms with Crippen molar-refractivity contribution < 1.29 is 9.59 Å². The van der Waals surface area contributed by atoms with Gasteiger partial charge >= 0.3 is 0 Å². The number of anilines is 1. The van der Waals surface area contributed by atoms with Gasteiger partial charge in [-0.1, -0.05) is 30.3 Å². The monoisotopic (exact) mass is 353 g/mol. The zero-order chi connectivity index (χ0) is 18.2. The molecule has 0 atom stereocenters. The zero-order valence-electron chi connectivity index (χ0n) is 14.7. The first-order chi connectivity index (χ1) is 12.8. The van der Waals surface area contributed by atoms with E-state index in [-0.39, 0.29) is 5.91 Å². The summed E-state index contributed by atoms with van der Waals surface area (Å²) < 4.78 is 0.